The van der Waals surface area contributed by atoms with Crippen LogP contribution < -0.4 is 15.8 Å². The van der Waals surface area contributed by atoms with Gasteiger partial charge in [-0.25, -0.2) is 0 Å². The number of rotatable bonds is 3. The summed E-state index contributed by atoms with van der Waals surface area (Å²) in [5.41, 5.74) is 8.21. The lowest BCUT2D eigenvalue weighted by atomic mass is 10.2. The van der Waals surface area contributed by atoms with Gasteiger partial charge in [0.05, 0.1) is 12.1 Å². The van der Waals surface area contributed by atoms with Gasteiger partial charge in [0, 0.05) is 33.7 Å². The van der Waals surface area contributed by atoms with Crippen molar-refractivity contribution in [2.24, 2.45) is 0 Å². The summed E-state index contributed by atoms with van der Waals surface area (Å²) in [6, 6.07) is 11.1. The Hall–Kier alpha value is -1.39. The topological polar surface area (TPSA) is 47.3 Å². The molecule has 2 aromatic carbocycles. The Morgan fingerprint density at radius 3 is 2.61 bits per heavy atom. The number of ether oxygens (including phenoxy) is 1. The van der Waals surface area contributed by atoms with Crippen LogP contribution in [0.15, 0.2) is 40.9 Å². The summed E-state index contributed by atoms with van der Waals surface area (Å²) < 4.78 is 6.00. The predicted molar refractivity (Wildman–Crippen MR) is 79.8 cm³/mol. The van der Waals surface area contributed by atoms with Crippen LogP contribution in [-0.2, 0) is 0 Å². The van der Waals surface area contributed by atoms with Crippen LogP contribution in [0, 0.1) is 0 Å². The largest absolute Gasteiger partial charge is 0.497 e. The second kappa shape index (κ2) is 5.50. The predicted octanol–water partition coefficient (Wildman–Crippen LogP) is 4.44. The fourth-order valence-electron chi connectivity index (χ4n) is 1.55. The van der Waals surface area contributed by atoms with Crippen molar-refractivity contribution in [2.45, 2.75) is 0 Å². The minimum Gasteiger partial charge on any atom is -0.497 e. The van der Waals surface area contributed by atoms with Gasteiger partial charge in [-0.05, 0) is 40.2 Å². The van der Waals surface area contributed by atoms with E-state index in [1.807, 2.05) is 30.3 Å². The molecule has 2 rings (SSSR count). The molecule has 3 N–H and O–H groups in total. The van der Waals surface area contributed by atoms with Crippen molar-refractivity contribution in [1.29, 1.82) is 0 Å². The third-order valence-electron chi connectivity index (χ3n) is 2.37. The van der Waals surface area contributed by atoms with E-state index in [4.69, 9.17) is 22.1 Å². The molecule has 0 bridgehead atoms. The Bertz CT molecular complexity index is 575. The first-order chi connectivity index (χ1) is 8.58. The Labute approximate surface area is 119 Å². The van der Waals surface area contributed by atoms with Crippen molar-refractivity contribution in [3.05, 3.63) is 45.9 Å². The fraction of sp³-hybridized carbons (Fsp3) is 0.0769. The number of nitrogens with one attached hydrogen (secondary N) is 1. The third-order valence-corrected chi connectivity index (χ3v) is 3.59. The number of hydrogen-bond donors (Lipinski definition) is 2. The van der Waals surface area contributed by atoms with Crippen molar-refractivity contribution in [3.8, 4) is 5.75 Å². The quantitative estimate of drug-likeness (QED) is 0.819. The normalized spacial score (nSPS) is 10.2. The van der Waals surface area contributed by atoms with Gasteiger partial charge in [-0.2, -0.15) is 0 Å². The number of nitrogen functional groups attached to an aromatic ring is 1. The average Bonchev–Trinajstić information content (AvgIpc) is 2.33. The van der Waals surface area contributed by atoms with E-state index in [0.717, 1.165) is 15.8 Å². The van der Waals surface area contributed by atoms with Gasteiger partial charge < -0.3 is 15.8 Å². The Morgan fingerprint density at radius 1 is 1.17 bits per heavy atom. The molecule has 0 aliphatic heterocycles. The molecule has 2 aromatic rings. The molecule has 0 heterocycles. The molecule has 0 saturated heterocycles. The SMILES string of the molecule is COc1cc(N)cc(Nc2ccc(Cl)c(Br)c2)c1. The van der Waals surface area contributed by atoms with Gasteiger partial charge in [-0.3, -0.25) is 0 Å². The lowest BCUT2D eigenvalue weighted by molar-refractivity contribution is 0.415. The van der Waals surface area contributed by atoms with Crippen molar-refractivity contribution < 1.29 is 4.74 Å². The van der Waals surface area contributed by atoms with Crippen molar-refractivity contribution >= 4 is 44.6 Å². The number of halogens is 2. The van der Waals surface area contributed by atoms with E-state index in [2.05, 4.69) is 21.2 Å². The number of hydrogen-bond acceptors (Lipinski definition) is 3. The van der Waals surface area contributed by atoms with Crippen LogP contribution in [0.1, 0.15) is 0 Å². The van der Waals surface area contributed by atoms with Gasteiger partial charge in [0.1, 0.15) is 5.75 Å². The molecule has 3 nitrogen and oxygen atoms in total. The van der Waals surface area contributed by atoms with Crippen LogP contribution in [0.2, 0.25) is 5.02 Å². The number of nitrogens with two attached hydrogens (primary N) is 1. The van der Waals surface area contributed by atoms with E-state index in [1.54, 1.807) is 13.2 Å². The molecule has 0 aromatic heterocycles. The molecule has 0 atom stereocenters. The molecular formula is C13H12BrClN2O. The number of anilines is 3. The van der Waals surface area contributed by atoms with E-state index in [1.165, 1.54) is 0 Å². The highest BCUT2D eigenvalue weighted by Gasteiger charge is 2.02. The Kier molecular flexibility index (Phi) is 3.99. The van der Waals surface area contributed by atoms with Gasteiger partial charge in [-0.15, -0.1) is 0 Å². The molecule has 0 radical (unpaired) electrons. The number of benzene rings is 2. The van der Waals surface area contributed by atoms with Crippen LogP contribution >= 0.6 is 27.5 Å². The van der Waals surface area contributed by atoms with Crippen molar-refractivity contribution in [3.63, 3.8) is 0 Å². The summed E-state index contributed by atoms with van der Waals surface area (Å²) in [6.45, 7) is 0. The highest BCUT2D eigenvalue weighted by atomic mass is 79.9. The van der Waals surface area contributed by atoms with Crippen LogP contribution in [0.3, 0.4) is 0 Å². The average molecular weight is 328 g/mol. The molecule has 18 heavy (non-hydrogen) atoms. The summed E-state index contributed by atoms with van der Waals surface area (Å²) in [4.78, 5) is 0. The highest BCUT2D eigenvalue weighted by Crippen LogP contribution is 2.29. The minimum absolute atomic E-state index is 0.643. The van der Waals surface area contributed by atoms with E-state index < -0.39 is 0 Å². The molecule has 94 valence electrons. The molecule has 0 fully saturated rings. The first-order valence-corrected chi connectivity index (χ1v) is 6.42. The van der Waals surface area contributed by atoms with E-state index >= 15 is 0 Å². The lowest BCUT2D eigenvalue weighted by Crippen LogP contribution is -1.94. The zero-order valence-electron chi connectivity index (χ0n) is 9.71. The molecule has 0 aliphatic rings. The first kappa shape index (κ1) is 13.1. The summed E-state index contributed by atoms with van der Waals surface area (Å²) in [7, 11) is 1.61. The molecule has 5 heteroatoms. The van der Waals surface area contributed by atoms with Crippen LogP contribution in [0.4, 0.5) is 17.1 Å². The third kappa shape index (κ3) is 3.09. The summed E-state index contributed by atoms with van der Waals surface area (Å²) in [5, 5.41) is 3.91. The minimum atomic E-state index is 0.643. The maximum absolute atomic E-state index is 5.94. The van der Waals surface area contributed by atoms with Gasteiger partial charge >= 0.3 is 0 Å². The second-order valence-electron chi connectivity index (χ2n) is 3.75. The van der Waals surface area contributed by atoms with Crippen LogP contribution in [0.25, 0.3) is 0 Å². The zero-order valence-corrected chi connectivity index (χ0v) is 12.0. The Balaban J connectivity index is 2.27. The molecule has 0 unspecified atom stereocenters. The molecule has 0 spiro atoms. The summed E-state index contributed by atoms with van der Waals surface area (Å²) in [6.07, 6.45) is 0. The molecule has 0 amide bonds. The van der Waals surface area contributed by atoms with E-state index in [9.17, 15) is 0 Å². The maximum atomic E-state index is 5.94. The van der Waals surface area contributed by atoms with Gasteiger partial charge in [-0.1, -0.05) is 11.6 Å². The molecular weight excluding hydrogens is 316 g/mol. The standard InChI is InChI=1S/C13H12BrClN2O/c1-18-11-5-8(16)4-10(6-11)17-9-2-3-13(15)12(14)7-9/h2-7,17H,16H2,1H3. The van der Waals surface area contributed by atoms with Gasteiger partial charge in [0.25, 0.3) is 0 Å². The monoisotopic (exact) mass is 326 g/mol. The lowest BCUT2D eigenvalue weighted by Gasteiger charge is -2.10. The van der Waals surface area contributed by atoms with Gasteiger partial charge in [0.2, 0.25) is 0 Å². The highest BCUT2D eigenvalue weighted by molar-refractivity contribution is 9.10. The van der Waals surface area contributed by atoms with Crippen LogP contribution in [0.5, 0.6) is 5.75 Å². The van der Waals surface area contributed by atoms with Gasteiger partial charge in [0.15, 0.2) is 0 Å². The van der Waals surface area contributed by atoms with E-state index in [0.29, 0.717) is 16.5 Å². The fourth-order valence-corrected chi connectivity index (χ4v) is 2.05. The maximum Gasteiger partial charge on any atom is 0.122 e. The Morgan fingerprint density at radius 2 is 1.94 bits per heavy atom. The summed E-state index contributed by atoms with van der Waals surface area (Å²) >= 11 is 9.32. The van der Waals surface area contributed by atoms with E-state index in [-0.39, 0.29) is 0 Å². The molecule has 0 saturated carbocycles. The second-order valence-corrected chi connectivity index (χ2v) is 5.01. The smallest absolute Gasteiger partial charge is 0.122 e. The zero-order chi connectivity index (χ0) is 13.1. The summed E-state index contributed by atoms with van der Waals surface area (Å²) in [5.74, 6) is 0.713. The number of methoxy groups -OCH3 is 1. The molecule has 0 aliphatic carbocycles. The van der Waals surface area contributed by atoms with Crippen LogP contribution in [-0.4, -0.2) is 7.11 Å². The van der Waals surface area contributed by atoms with Crippen molar-refractivity contribution in [1.82, 2.24) is 0 Å². The first-order valence-electron chi connectivity index (χ1n) is 5.25. The van der Waals surface area contributed by atoms with Crippen molar-refractivity contribution in [2.75, 3.05) is 18.2 Å².